The first kappa shape index (κ1) is 24.5. The van der Waals surface area contributed by atoms with Crippen molar-refractivity contribution in [1.82, 2.24) is 0 Å². The molecule has 0 aromatic heterocycles. The van der Waals surface area contributed by atoms with Crippen molar-refractivity contribution in [3.05, 3.63) is 0 Å². The van der Waals surface area contributed by atoms with E-state index in [1.54, 1.807) is 0 Å². The molecule has 8 heteroatoms. The van der Waals surface area contributed by atoms with Gasteiger partial charge < -0.3 is 4.74 Å². The van der Waals surface area contributed by atoms with Gasteiger partial charge >= 0.3 is 18.1 Å². The summed E-state index contributed by atoms with van der Waals surface area (Å²) in [6.45, 7) is 4.41. The van der Waals surface area contributed by atoms with E-state index in [2.05, 4.69) is 0 Å². The molecule has 1 atom stereocenters. The van der Waals surface area contributed by atoms with Gasteiger partial charge in [-0.25, -0.2) is 0 Å². The number of unbranched alkanes of at least 4 members (excludes halogenated alkanes) is 4. The second-order valence-electron chi connectivity index (χ2n) is 6.04. The summed E-state index contributed by atoms with van der Waals surface area (Å²) < 4.78 is 66.9. The van der Waals surface area contributed by atoms with Crippen molar-refractivity contribution in [2.24, 2.45) is 0 Å². The van der Waals surface area contributed by atoms with Crippen LogP contribution in [0.1, 0.15) is 71.6 Å². The molecule has 0 fully saturated rings. The van der Waals surface area contributed by atoms with Crippen LogP contribution in [0.25, 0.3) is 0 Å². The van der Waals surface area contributed by atoms with Crippen LogP contribution in [-0.4, -0.2) is 35.7 Å². The van der Waals surface area contributed by atoms with E-state index in [9.17, 15) is 26.7 Å². The normalized spacial score (nSPS) is 13.7. The molecule has 0 saturated carbocycles. The Labute approximate surface area is 151 Å². The van der Waals surface area contributed by atoms with E-state index in [1.165, 1.54) is 11.8 Å². The summed E-state index contributed by atoms with van der Waals surface area (Å²) in [5, 5.41) is -0.284. The van der Waals surface area contributed by atoms with Crippen LogP contribution in [0.15, 0.2) is 0 Å². The number of ether oxygens (including phenoxy) is 1. The molecule has 1 unspecified atom stereocenters. The molecule has 0 bridgehead atoms. The highest BCUT2D eigenvalue weighted by Gasteiger charge is 2.56. The molecule has 0 rings (SSSR count). The van der Waals surface area contributed by atoms with Crippen molar-refractivity contribution in [2.45, 2.75) is 89.0 Å². The van der Waals surface area contributed by atoms with E-state index in [-0.39, 0.29) is 24.1 Å². The van der Waals surface area contributed by atoms with E-state index in [0.29, 0.717) is 25.2 Å². The summed E-state index contributed by atoms with van der Waals surface area (Å²) in [4.78, 5) is 12.0. The quantitative estimate of drug-likeness (QED) is 0.195. The van der Waals surface area contributed by atoms with Gasteiger partial charge in [-0.05, 0) is 31.4 Å². The van der Waals surface area contributed by atoms with Crippen molar-refractivity contribution in [1.29, 1.82) is 0 Å². The number of thioether (sulfide) groups is 1. The van der Waals surface area contributed by atoms with Gasteiger partial charge in [-0.15, -0.1) is 11.8 Å². The molecule has 0 N–H and O–H groups in total. The van der Waals surface area contributed by atoms with Crippen LogP contribution in [0.2, 0.25) is 0 Å². The zero-order valence-corrected chi connectivity index (χ0v) is 15.8. The fourth-order valence-corrected chi connectivity index (χ4v) is 3.25. The molecule has 25 heavy (non-hydrogen) atoms. The van der Waals surface area contributed by atoms with E-state index in [0.717, 1.165) is 25.7 Å². The largest absolute Gasteiger partial charge is 0.465 e. The minimum absolute atomic E-state index is 0.187. The van der Waals surface area contributed by atoms with Crippen molar-refractivity contribution in [2.75, 3.05) is 12.4 Å². The number of rotatable bonds is 14. The molecule has 0 saturated heterocycles. The lowest BCUT2D eigenvalue weighted by Gasteiger charge is -2.19. The van der Waals surface area contributed by atoms with E-state index >= 15 is 0 Å². The minimum atomic E-state index is -5.48. The van der Waals surface area contributed by atoms with Crippen LogP contribution in [-0.2, 0) is 9.53 Å². The van der Waals surface area contributed by atoms with Gasteiger partial charge in [-0.3, -0.25) is 4.79 Å². The molecule has 0 spiro atoms. The molecule has 0 aromatic rings. The van der Waals surface area contributed by atoms with Crippen LogP contribution in [0, 0.1) is 0 Å². The zero-order chi connectivity index (χ0) is 19.3. The fraction of sp³-hybridized carbons (Fsp3) is 0.941. The van der Waals surface area contributed by atoms with E-state index in [1.807, 2.05) is 13.8 Å². The maximum absolute atomic E-state index is 12.8. The maximum atomic E-state index is 12.8. The summed E-state index contributed by atoms with van der Waals surface area (Å²) in [5.41, 5.74) is 0. The zero-order valence-electron chi connectivity index (χ0n) is 15.0. The summed E-state index contributed by atoms with van der Waals surface area (Å²) in [7, 11) is 0. The topological polar surface area (TPSA) is 26.3 Å². The van der Waals surface area contributed by atoms with Crippen LogP contribution in [0.4, 0.5) is 22.0 Å². The molecule has 0 heterocycles. The average molecular weight is 392 g/mol. The van der Waals surface area contributed by atoms with Gasteiger partial charge in [0.1, 0.15) is 5.25 Å². The van der Waals surface area contributed by atoms with Crippen LogP contribution in [0.3, 0.4) is 0 Å². The summed E-state index contributed by atoms with van der Waals surface area (Å²) in [6, 6.07) is 0. The molecule has 0 radical (unpaired) electrons. The Morgan fingerprint density at radius 2 is 1.60 bits per heavy atom. The first-order chi connectivity index (χ1) is 11.7. The van der Waals surface area contributed by atoms with Gasteiger partial charge in [0.2, 0.25) is 0 Å². The molecule has 0 aliphatic rings. The summed E-state index contributed by atoms with van der Waals surface area (Å²) in [6.07, 6.45) is -1.79. The lowest BCUT2D eigenvalue weighted by atomic mass is 10.1. The highest BCUT2D eigenvalue weighted by Crippen LogP contribution is 2.39. The van der Waals surface area contributed by atoms with Gasteiger partial charge in [-0.2, -0.15) is 22.0 Å². The highest BCUT2D eigenvalue weighted by molar-refractivity contribution is 8.00. The lowest BCUT2D eigenvalue weighted by molar-refractivity contribution is -0.284. The number of hydrogen-bond donors (Lipinski definition) is 0. The predicted octanol–water partition coefficient (Wildman–Crippen LogP) is 6.38. The smallest absolute Gasteiger partial charge is 0.453 e. The van der Waals surface area contributed by atoms with E-state index in [4.69, 9.17) is 4.74 Å². The summed E-state index contributed by atoms with van der Waals surface area (Å²) in [5.74, 6) is -4.32. The monoisotopic (exact) mass is 392 g/mol. The lowest BCUT2D eigenvalue weighted by Crippen LogP contribution is -2.36. The first-order valence-electron chi connectivity index (χ1n) is 8.88. The predicted molar refractivity (Wildman–Crippen MR) is 91.1 cm³/mol. The van der Waals surface area contributed by atoms with Crippen LogP contribution >= 0.6 is 11.8 Å². The van der Waals surface area contributed by atoms with Crippen molar-refractivity contribution >= 4 is 17.7 Å². The van der Waals surface area contributed by atoms with Crippen molar-refractivity contribution < 1.29 is 31.5 Å². The molecular weight excluding hydrogens is 363 g/mol. The van der Waals surface area contributed by atoms with Gasteiger partial charge in [0, 0.05) is 6.42 Å². The Hall–Kier alpha value is -0.530. The van der Waals surface area contributed by atoms with Gasteiger partial charge in [-0.1, -0.05) is 39.5 Å². The van der Waals surface area contributed by atoms with Crippen molar-refractivity contribution in [3.8, 4) is 0 Å². The Morgan fingerprint density at radius 1 is 0.960 bits per heavy atom. The van der Waals surface area contributed by atoms with E-state index < -0.39 is 18.5 Å². The highest BCUT2D eigenvalue weighted by atomic mass is 32.2. The van der Waals surface area contributed by atoms with Crippen LogP contribution < -0.4 is 0 Å². The van der Waals surface area contributed by atoms with Gasteiger partial charge in [0.25, 0.3) is 0 Å². The van der Waals surface area contributed by atoms with Crippen LogP contribution in [0.5, 0.6) is 0 Å². The van der Waals surface area contributed by atoms with Gasteiger partial charge in [0.15, 0.2) is 0 Å². The van der Waals surface area contributed by atoms with Gasteiger partial charge in [0.05, 0.1) is 6.61 Å². The van der Waals surface area contributed by atoms with Crippen molar-refractivity contribution in [3.63, 3.8) is 0 Å². The number of halogens is 5. The standard InChI is InChI=1S/C17H29F5O2S/c1-3-5-10-14(15(23)24-12-6-4-2)25-13-9-7-8-11-16(18,19)17(20,21)22/h14H,3-13H2,1-2H3. The fourth-order valence-electron chi connectivity index (χ4n) is 2.06. The molecule has 0 aliphatic heterocycles. The number of alkyl halides is 5. The number of esters is 1. The summed E-state index contributed by atoms with van der Waals surface area (Å²) >= 11 is 1.41. The Morgan fingerprint density at radius 3 is 2.16 bits per heavy atom. The third-order valence-corrected chi connectivity index (χ3v) is 5.05. The molecule has 0 aliphatic carbocycles. The molecule has 0 aromatic carbocycles. The molecule has 0 amide bonds. The molecular formula is C17H29F5O2S. The third-order valence-electron chi connectivity index (χ3n) is 3.69. The second-order valence-corrected chi connectivity index (χ2v) is 7.35. The number of hydrogen-bond acceptors (Lipinski definition) is 3. The number of carbonyl (C=O) groups excluding carboxylic acids is 1. The molecule has 2 nitrogen and oxygen atoms in total. The Bertz CT molecular complexity index is 361. The average Bonchev–Trinajstić information content (AvgIpc) is 2.52. The SMILES string of the molecule is CCCCOC(=O)C(CCCC)SCCCCCC(F)(F)C(F)(F)F. The maximum Gasteiger partial charge on any atom is 0.453 e. The Balaban J connectivity index is 4.07. The number of carbonyl (C=O) groups is 1. The third kappa shape index (κ3) is 10.9. The first-order valence-corrected chi connectivity index (χ1v) is 9.93. The minimum Gasteiger partial charge on any atom is -0.465 e. The Kier molecular flexibility index (Phi) is 12.5. The molecule has 150 valence electrons. The second kappa shape index (κ2) is 12.8.